The molecule has 2 fully saturated rings. The molecule has 2 heterocycles. The second kappa shape index (κ2) is 5.57. The SMILES string of the molecule is CC1CCCN(c2nn(C3CCCC3O)c(N)c2C#N)C1. The van der Waals surface area contributed by atoms with Gasteiger partial charge in [0.25, 0.3) is 0 Å². The van der Waals surface area contributed by atoms with Crippen LogP contribution in [0.4, 0.5) is 11.6 Å². The highest BCUT2D eigenvalue weighted by molar-refractivity contribution is 5.65. The number of rotatable bonds is 2. The molecular formula is C15H23N5O. The topological polar surface area (TPSA) is 91.1 Å². The number of aliphatic hydroxyl groups is 1. The first-order chi connectivity index (χ1) is 10.1. The van der Waals surface area contributed by atoms with E-state index in [1.54, 1.807) is 4.68 Å². The number of nitrogens with two attached hydrogens (primary N) is 1. The highest BCUT2D eigenvalue weighted by atomic mass is 16.3. The van der Waals surface area contributed by atoms with Crippen molar-refractivity contribution < 1.29 is 5.11 Å². The first-order valence-corrected chi connectivity index (χ1v) is 7.83. The summed E-state index contributed by atoms with van der Waals surface area (Å²) in [5.74, 6) is 1.70. The second-order valence-electron chi connectivity index (χ2n) is 6.40. The largest absolute Gasteiger partial charge is 0.391 e. The van der Waals surface area contributed by atoms with Gasteiger partial charge in [-0.1, -0.05) is 6.92 Å². The Bertz CT molecular complexity index is 561. The van der Waals surface area contributed by atoms with E-state index in [4.69, 9.17) is 5.73 Å². The summed E-state index contributed by atoms with van der Waals surface area (Å²) in [6.07, 6.45) is 4.55. The first kappa shape index (κ1) is 14.2. The van der Waals surface area contributed by atoms with Crippen LogP contribution >= 0.6 is 0 Å². The average Bonchev–Trinajstić information content (AvgIpc) is 3.02. The van der Waals surface area contributed by atoms with Crippen LogP contribution in [0.1, 0.15) is 50.6 Å². The molecule has 0 amide bonds. The smallest absolute Gasteiger partial charge is 0.170 e. The fraction of sp³-hybridized carbons (Fsp3) is 0.733. The van der Waals surface area contributed by atoms with E-state index in [9.17, 15) is 10.4 Å². The summed E-state index contributed by atoms with van der Waals surface area (Å²) >= 11 is 0. The van der Waals surface area contributed by atoms with E-state index < -0.39 is 6.10 Å². The first-order valence-electron chi connectivity index (χ1n) is 7.83. The predicted octanol–water partition coefficient (Wildman–Crippen LogP) is 1.66. The molecule has 1 aromatic heterocycles. The number of hydrogen-bond donors (Lipinski definition) is 2. The van der Waals surface area contributed by atoms with Crippen molar-refractivity contribution in [2.24, 2.45) is 5.92 Å². The highest BCUT2D eigenvalue weighted by Gasteiger charge is 2.32. The zero-order valence-electron chi connectivity index (χ0n) is 12.5. The van der Waals surface area contributed by atoms with E-state index in [-0.39, 0.29) is 6.04 Å². The molecule has 3 atom stereocenters. The lowest BCUT2D eigenvalue weighted by Gasteiger charge is -2.31. The molecule has 0 radical (unpaired) electrons. The Morgan fingerprint density at radius 1 is 1.33 bits per heavy atom. The van der Waals surface area contributed by atoms with Crippen LogP contribution in [0, 0.1) is 17.2 Å². The van der Waals surface area contributed by atoms with Crippen molar-refractivity contribution >= 4 is 11.6 Å². The van der Waals surface area contributed by atoms with Gasteiger partial charge in [0, 0.05) is 13.1 Å². The van der Waals surface area contributed by atoms with Crippen molar-refractivity contribution in [3.63, 3.8) is 0 Å². The lowest BCUT2D eigenvalue weighted by Crippen LogP contribution is -2.35. The molecule has 3 rings (SSSR count). The van der Waals surface area contributed by atoms with E-state index in [1.165, 1.54) is 6.42 Å². The van der Waals surface area contributed by atoms with Crippen LogP contribution in [0.2, 0.25) is 0 Å². The van der Waals surface area contributed by atoms with E-state index in [2.05, 4.69) is 23.0 Å². The molecule has 3 unspecified atom stereocenters. The zero-order valence-corrected chi connectivity index (χ0v) is 12.5. The summed E-state index contributed by atoms with van der Waals surface area (Å²) < 4.78 is 1.69. The minimum absolute atomic E-state index is 0.0898. The number of hydrogen-bond acceptors (Lipinski definition) is 5. The lowest BCUT2D eigenvalue weighted by molar-refractivity contribution is 0.131. The van der Waals surface area contributed by atoms with E-state index in [0.29, 0.717) is 23.1 Å². The monoisotopic (exact) mass is 289 g/mol. The van der Waals surface area contributed by atoms with Gasteiger partial charge in [0.1, 0.15) is 17.5 Å². The molecule has 1 saturated carbocycles. The Labute approximate surface area is 125 Å². The summed E-state index contributed by atoms with van der Waals surface area (Å²) in [4.78, 5) is 2.17. The van der Waals surface area contributed by atoms with Crippen LogP contribution < -0.4 is 10.6 Å². The average molecular weight is 289 g/mol. The summed E-state index contributed by atoms with van der Waals surface area (Å²) in [7, 11) is 0. The Balaban J connectivity index is 1.95. The molecule has 6 heteroatoms. The van der Waals surface area contributed by atoms with E-state index in [1.807, 2.05) is 0 Å². The summed E-state index contributed by atoms with van der Waals surface area (Å²) in [6, 6.07) is 2.11. The fourth-order valence-corrected chi connectivity index (χ4v) is 3.60. The van der Waals surface area contributed by atoms with Crippen molar-refractivity contribution in [3.05, 3.63) is 5.56 Å². The van der Waals surface area contributed by atoms with Gasteiger partial charge in [-0.05, 0) is 38.0 Å². The molecule has 21 heavy (non-hydrogen) atoms. The van der Waals surface area contributed by atoms with Crippen molar-refractivity contribution in [2.45, 2.75) is 51.2 Å². The van der Waals surface area contributed by atoms with Crippen LogP contribution in [-0.4, -0.2) is 34.1 Å². The molecule has 0 aromatic carbocycles. The molecule has 0 bridgehead atoms. The Morgan fingerprint density at radius 2 is 2.14 bits per heavy atom. The van der Waals surface area contributed by atoms with Crippen molar-refractivity contribution in [1.82, 2.24) is 9.78 Å². The minimum atomic E-state index is -0.410. The number of nitrogen functional groups attached to an aromatic ring is 1. The standard InChI is InChI=1S/C15H23N5O/c1-10-4-3-7-19(9-10)15-11(8-16)14(17)20(18-15)12-5-2-6-13(12)21/h10,12-13,21H,2-7,9,17H2,1H3. The summed E-state index contributed by atoms with van der Waals surface area (Å²) in [5, 5.41) is 24.1. The van der Waals surface area contributed by atoms with Gasteiger partial charge in [-0.25, -0.2) is 4.68 Å². The zero-order chi connectivity index (χ0) is 15.0. The maximum absolute atomic E-state index is 10.1. The normalized spacial score (nSPS) is 29.6. The fourth-order valence-electron chi connectivity index (χ4n) is 3.60. The van der Waals surface area contributed by atoms with Crippen LogP contribution in [-0.2, 0) is 0 Å². The van der Waals surface area contributed by atoms with Crippen molar-refractivity contribution in [3.8, 4) is 6.07 Å². The molecule has 1 aliphatic carbocycles. The van der Waals surface area contributed by atoms with E-state index in [0.717, 1.165) is 38.8 Å². The highest BCUT2D eigenvalue weighted by Crippen LogP contribution is 2.36. The number of piperidine rings is 1. The van der Waals surface area contributed by atoms with Gasteiger partial charge in [0.05, 0.1) is 12.1 Å². The number of nitrogens with zero attached hydrogens (tertiary/aromatic N) is 4. The van der Waals surface area contributed by atoms with Gasteiger partial charge in [-0.2, -0.15) is 10.4 Å². The van der Waals surface area contributed by atoms with Gasteiger partial charge in [0.15, 0.2) is 5.82 Å². The van der Waals surface area contributed by atoms with Crippen LogP contribution in [0.3, 0.4) is 0 Å². The predicted molar refractivity (Wildman–Crippen MR) is 80.9 cm³/mol. The number of aliphatic hydroxyl groups excluding tert-OH is 1. The maximum atomic E-state index is 10.1. The molecule has 1 saturated heterocycles. The van der Waals surface area contributed by atoms with Gasteiger partial charge in [-0.15, -0.1) is 0 Å². The molecule has 1 aliphatic heterocycles. The quantitative estimate of drug-likeness (QED) is 0.864. The molecule has 6 nitrogen and oxygen atoms in total. The molecular weight excluding hydrogens is 266 g/mol. The molecule has 114 valence electrons. The third-order valence-corrected chi connectivity index (χ3v) is 4.76. The molecule has 1 aromatic rings. The van der Waals surface area contributed by atoms with Gasteiger partial charge in [-0.3, -0.25) is 0 Å². The third-order valence-electron chi connectivity index (χ3n) is 4.76. The number of aromatic nitrogens is 2. The van der Waals surface area contributed by atoms with Crippen LogP contribution in [0.15, 0.2) is 0 Å². The maximum Gasteiger partial charge on any atom is 0.170 e. The van der Waals surface area contributed by atoms with Gasteiger partial charge >= 0.3 is 0 Å². The minimum Gasteiger partial charge on any atom is -0.391 e. The van der Waals surface area contributed by atoms with E-state index >= 15 is 0 Å². The van der Waals surface area contributed by atoms with Crippen molar-refractivity contribution in [1.29, 1.82) is 5.26 Å². The van der Waals surface area contributed by atoms with Gasteiger partial charge in [0.2, 0.25) is 0 Å². The summed E-state index contributed by atoms with van der Waals surface area (Å²) in [5.41, 5.74) is 6.60. The lowest BCUT2D eigenvalue weighted by atomic mass is 10.0. The molecule has 2 aliphatic rings. The Kier molecular flexibility index (Phi) is 3.77. The number of anilines is 2. The van der Waals surface area contributed by atoms with Crippen molar-refractivity contribution in [2.75, 3.05) is 23.7 Å². The Hall–Kier alpha value is -1.74. The Morgan fingerprint density at radius 3 is 2.76 bits per heavy atom. The third kappa shape index (κ3) is 2.46. The van der Waals surface area contributed by atoms with Crippen LogP contribution in [0.25, 0.3) is 0 Å². The summed E-state index contributed by atoms with van der Waals surface area (Å²) in [6.45, 7) is 4.06. The number of nitriles is 1. The van der Waals surface area contributed by atoms with Crippen LogP contribution in [0.5, 0.6) is 0 Å². The second-order valence-corrected chi connectivity index (χ2v) is 6.40. The van der Waals surface area contributed by atoms with Gasteiger partial charge < -0.3 is 15.7 Å². The molecule has 0 spiro atoms. The molecule has 3 N–H and O–H groups in total.